The van der Waals surface area contributed by atoms with Crippen LogP contribution >= 0.6 is 0 Å². The minimum atomic E-state index is -0.917. The minimum absolute atomic E-state index is 0.407. The standard InChI is InChI=1S/C14H29N3O/c1-11(2)8-9-17(12-6-4-5-7-12)10-14(3,16)13(15)18/h11-12H,4-10,16H2,1-3H3,(H2,15,18). The van der Waals surface area contributed by atoms with E-state index in [9.17, 15) is 4.79 Å². The highest BCUT2D eigenvalue weighted by molar-refractivity contribution is 5.84. The van der Waals surface area contributed by atoms with Crippen molar-refractivity contribution in [1.82, 2.24) is 4.90 Å². The highest BCUT2D eigenvalue weighted by Crippen LogP contribution is 2.25. The molecule has 0 bridgehead atoms. The Morgan fingerprint density at radius 1 is 1.39 bits per heavy atom. The summed E-state index contributed by atoms with van der Waals surface area (Å²) in [5, 5.41) is 0. The van der Waals surface area contributed by atoms with E-state index >= 15 is 0 Å². The Morgan fingerprint density at radius 3 is 2.39 bits per heavy atom. The van der Waals surface area contributed by atoms with Gasteiger partial charge in [-0.2, -0.15) is 0 Å². The molecule has 18 heavy (non-hydrogen) atoms. The molecule has 106 valence electrons. The van der Waals surface area contributed by atoms with Crippen LogP contribution in [0.25, 0.3) is 0 Å². The highest BCUT2D eigenvalue weighted by Gasteiger charge is 2.32. The van der Waals surface area contributed by atoms with Gasteiger partial charge in [-0.3, -0.25) is 9.69 Å². The molecule has 0 radical (unpaired) electrons. The van der Waals surface area contributed by atoms with Gasteiger partial charge in [0.15, 0.2) is 0 Å². The summed E-state index contributed by atoms with van der Waals surface area (Å²) in [7, 11) is 0. The molecule has 1 aliphatic carbocycles. The lowest BCUT2D eigenvalue weighted by atomic mass is 10.00. The second-order valence-electron chi connectivity index (χ2n) is 6.37. The summed E-state index contributed by atoms with van der Waals surface area (Å²) in [6.07, 6.45) is 6.19. The van der Waals surface area contributed by atoms with Crippen LogP contribution in [0.15, 0.2) is 0 Å². The molecule has 0 aromatic carbocycles. The number of hydrogen-bond acceptors (Lipinski definition) is 3. The maximum absolute atomic E-state index is 11.4. The van der Waals surface area contributed by atoms with Crippen molar-refractivity contribution < 1.29 is 4.79 Å². The summed E-state index contributed by atoms with van der Waals surface area (Å²) in [6.45, 7) is 7.79. The van der Waals surface area contributed by atoms with Crippen LogP contribution in [-0.2, 0) is 4.79 Å². The van der Waals surface area contributed by atoms with E-state index < -0.39 is 11.4 Å². The third-order valence-electron chi connectivity index (χ3n) is 3.93. The average molecular weight is 255 g/mol. The van der Waals surface area contributed by atoms with Crippen molar-refractivity contribution in [2.45, 2.75) is 64.5 Å². The summed E-state index contributed by atoms with van der Waals surface area (Å²) < 4.78 is 0. The molecule has 0 aliphatic heterocycles. The van der Waals surface area contributed by atoms with Crippen LogP contribution in [0.1, 0.15) is 52.9 Å². The van der Waals surface area contributed by atoms with Crippen LogP contribution in [0.5, 0.6) is 0 Å². The number of carbonyl (C=O) groups excluding carboxylic acids is 1. The monoisotopic (exact) mass is 255 g/mol. The number of amides is 1. The van der Waals surface area contributed by atoms with Gasteiger partial charge in [-0.25, -0.2) is 0 Å². The Balaban J connectivity index is 2.61. The largest absolute Gasteiger partial charge is 0.368 e. The van der Waals surface area contributed by atoms with E-state index in [4.69, 9.17) is 11.5 Å². The quantitative estimate of drug-likeness (QED) is 0.724. The van der Waals surface area contributed by atoms with Crippen LogP contribution in [-0.4, -0.2) is 35.5 Å². The van der Waals surface area contributed by atoms with E-state index in [1.165, 1.54) is 25.7 Å². The predicted octanol–water partition coefficient (Wildman–Crippen LogP) is 1.48. The van der Waals surface area contributed by atoms with Crippen molar-refractivity contribution in [3.8, 4) is 0 Å². The van der Waals surface area contributed by atoms with E-state index in [0.29, 0.717) is 18.5 Å². The Kier molecular flexibility index (Phi) is 5.60. The molecule has 0 spiro atoms. The normalized spacial score (nSPS) is 20.6. The molecule has 0 aromatic heterocycles. The molecule has 1 atom stereocenters. The van der Waals surface area contributed by atoms with E-state index in [1.54, 1.807) is 6.92 Å². The fourth-order valence-corrected chi connectivity index (χ4v) is 2.58. The Hall–Kier alpha value is -0.610. The van der Waals surface area contributed by atoms with Gasteiger partial charge >= 0.3 is 0 Å². The summed E-state index contributed by atoms with van der Waals surface area (Å²) >= 11 is 0. The van der Waals surface area contributed by atoms with Gasteiger partial charge in [-0.05, 0) is 38.6 Å². The summed E-state index contributed by atoms with van der Waals surface area (Å²) in [4.78, 5) is 13.8. The molecule has 1 fully saturated rings. The van der Waals surface area contributed by atoms with Crippen molar-refractivity contribution in [3.63, 3.8) is 0 Å². The molecule has 0 saturated heterocycles. The van der Waals surface area contributed by atoms with Gasteiger partial charge in [0.2, 0.25) is 5.91 Å². The topological polar surface area (TPSA) is 72.3 Å². The first-order valence-corrected chi connectivity index (χ1v) is 7.16. The zero-order valence-electron chi connectivity index (χ0n) is 12.1. The lowest BCUT2D eigenvalue weighted by Gasteiger charge is -2.35. The first kappa shape index (κ1) is 15.4. The van der Waals surface area contributed by atoms with Crippen molar-refractivity contribution in [2.75, 3.05) is 13.1 Å². The third-order valence-corrected chi connectivity index (χ3v) is 3.93. The molecule has 1 unspecified atom stereocenters. The minimum Gasteiger partial charge on any atom is -0.368 e. The Labute approximate surface area is 111 Å². The van der Waals surface area contributed by atoms with Crippen LogP contribution in [0.4, 0.5) is 0 Å². The Bertz CT molecular complexity index is 270. The molecule has 0 aromatic rings. The summed E-state index contributed by atoms with van der Waals surface area (Å²) in [5.41, 5.74) is 10.5. The van der Waals surface area contributed by atoms with Crippen LogP contribution in [0.3, 0.4) is 0 Å². The van der Waals surface area contributed by atoms with E-state index in [-0.39, 0.29) is 0 Å². The molecular weight excluding hydrogens is 226 g/mol. The summed E-state index contributed by atoms with van der Waals surface area (Å²) in [6, 6.07) is 0.589. The van der Waals surface area contributed by atoms with E-state index in [1.807, 2.05) is 0 Å². The number of carbonyl (C=O) groups is 1. The molecule has 4 heteroatoms. The molecule has 4 N–H and O–H groups in total. The highest BCUT2D eigenvalue weighted by atomic mass is 16.1. The Morgan fingerprint density at radius 2 is 1.94 bits per heavy atom. The number of hydrogen-bond donors (Lipinski definition) is 2. The van der Waals surface area contributed by atoms with Gasteiger partial charge in [0.1, 0.15) is 5.54 Å². The van der Waals surface area contributed by atoms with E-state index in [2.05, 4.69) is 18.7 Å². The fourth-order valence-electron chi connectivity index (χ4n) is 2.58. The number of nitrogens with zero attached hydrogens (tertiary/aromatic N) is 1. The molecule has 4 nitrogen and oxygen atoms in total. The maximum Gasteiger partial charge on any atom is 0.238 e. The molecule has 1 saturated carbocycles. The molecule has 1 aliphatic rings. The van der Waals surface area contributed by atoms with Crippen LogP contribution in [0.2, 0.25) is 0 Å². The van der Waals surface area contributed by atoms with Gasteiger partial charge in [-0.15, -0.1) is 0 Å². The summed E-state index contributed by atoms with van der Waals surface area (Å²) in [5.74, 6) is 0.265. The molecule has 0 heterocycles. The SMILES string of the molecule is CC(C)CCN(CC(C)(N)C(N)=O)C1CCCC1. The number of nitrogens with two attached hydrogens (primary N) is 2. The maximum atomic E-state index is 11.4. The lowest BCUT2D eigenvalue weighted by molar-refractivity contribution is -0.123. The van der Waals surface area contributed by atoms with Gasteiger partial charge < -0.3 is 11.5 Å². The van der Waals surface area contributed by atoms with Gasteiger partial charge in [0.05, 0.1) is 0 Å². The second-order valence-corrected chi connectivity index (χ2v) is 6.37. The van der Waals surface area contributed by atoms with Crippen molar-refractivity contribution in [3.05, 3.63) is 0 Å². The lowest BCUT2D eigenvalue weighted by Crippen LogP contribution is -2.58. The van der Waals surface area contributed by atoms with Crippen molar-refractivity contribution in [2.24, 2.45) is 17.4 Å². The predicted molar refractivity (Wildman–Crippen MR) is 75.1 cm³/mol. The smallest absolute Gasteiger partial charge is 0.238 e. The van der Waals surface area contributed by atoms with Gasteiger partial charge in [0.25, 0.3) is 0 Å². The first-order valence-electron chi connectivity index (χ1n) is 7.16. The van der Waals surface area contributed by atoms with Crippen molar-refractivity contribution in [1.29, 1.82) is 0 Å². The van der Waals surface area contributed by atoms with E-state index in [0.717, 1.165) is 13.0 Å². The molecular formula is C14H29N3O. The second kappa shape index (κ2) is 6.53. The average Bonchev–Trinajstić information content (AvgIpc) is 2.76. The zero-order valence-corrected chi connectivity index (χ0v) is 12.1. The number of rotatable bonds is 7. The van der Waals surface area contributed by atoms with Crippen LogP contribution < -0.4 is 11.5 Å². The van der Waals surface area contributed by atoms with Crippen LogP contribution in [0, 0.1) is 5.92 Å². The fraction of sp³-hybridized carbons (Fsp3) is 0.929. The molecule has 1 rings (SSSR count). The first-order chi connectivity index (χ1) is 8.33. The third kappa shape index (κ3) is 4.58. The van der Waals surface area contributed by atoms with Crippen molar-refractivity contribution >= 4 is 5.91 Å². The molecule has 1 amide bonds. The zero-order chi connectivity index (χ0) is 13.8. The van der Waals surface area contributed by atoms with Gasteiger partial charge in [0, 0.05) is 12.6 Å². The number of primary amides is 1. The van der Waals surface area contributed by atoms with Gasteiger partial charge in [-0.1, -0.05) is 26.7 Å².